The Morgan fingerprint density at radius 3 is 2.33 bits per heavy atom. The van der Waals surface area contributed by atoms with Crippen LogP contribution in [-0.4, -0.2) is 30.6 Å². The molecule has 108 valence electrons. The van der Waals surface area contributed by atoms with Gasteiger partial charge in [0.25, 0.3) is 5.91 Å². The Morgan fingerprint density at radius 2 is 1.67 bits per heavy atom. The molecule has 2 rings (SSSR count). The molecular weight excluding hydrogens is 270 g/mol. The smallest absolute Gasteiger partial charge is 0.342 e. The van der Waals surface area contributed by atoms with Gasteiger partial charge in [-0.1, -0.05) is 30.3 Å². The van der Waals surface area contributed by atoms with E-state index in [1.54, 1.807) is 31.3 Å². The average Bonchev–Trinajstić information content (AvgIpc) is 2.52. The summed E-state index contributed by atoms with van der Waals surface area (Å²) in [6.45, 7) is -0.390. The number of carbonyl (C=O) groups excluding carboxylic acids is 2. The van der Waals surface area contributed by atoms with Gasteiger partial charge in [0.2, 0.25) is 0 Å². The van der Waals surface area contributed by atoms with Gasteiger partial charge >= 0.3 is 5.97 Å². The molecule has 5 heteroatoms. The summed E-state index contributed by atoms with van der Waals surface area (Å²) in [4.78, 5) is 25.1. The van der Waals surface area contributed by atoms with E-state index in [1.165, 1.54) is 17.0 Å². The number of hydrogen-bond donors (Lipinski definition) is 1. The minimum Gasteiger partial charge on any atom is -0.507 e. The molecule has 21 heavy (non-hydrogen) atoms. The molecule has 2 aromatic rings. The first-order valence-corrected chi connectivity index (χ1v) is 6.36. The quantitative estimate of drug-likeness (QED) is 0.875. The molecule has 1 N–H and O–H groups in total. The summed E-state index contributed by atoms with van der Waals surface area (Å²) in [7, 11) is 1.60. The van der Waals surface area contributed by atoms with Crippen LogP contribution in [0.2, 0.25) is 0 Å². The van der Waals surface area contributed by atoms with E-state index < -0.39 is 12.6 Å². The molecular formula is C16H15NO4. The Balaban J connectivity index is 1.95. The molecule has 0 radical (unpaired) electrons. The topological polar surface area (TPSA) is 66.8 Å². The third-order valence-corrected chi connectivity index (χ3v) is 2.97. The summed E-state index contributed by atoms with van der Waals surface area (Å²) in [5, 5.41) is 9.54. The Morgan fingerprint density at radius 1 is 1.05 bits per heavy atom. The van der Waals surface area contributed by atoms with Gasteiger partial charge in [-0.25, -0.2) is 4.79 Å². The molecule has 1 amide bonds. The minimum absolute atomic E-state index is 0.0349. The van der Waals surface area contributed by atoms with Crippen LogP contribution in [-0.2, 0) is 9.53 Å². The largest absolute Gasteiger partial charge is 0.507 e. The molecule has 2 aromatic carbocycles. The van der Waals surface area contributed by atoms with Crippen LogP contribution in [0.3, 0.4) is 0 Å². The number of nitrogens with zero attached hydrogens (tertiary/aromatic N) is 1. The molecule has 0 aliphatic heterocycles. The van der Waals surface area contributed by atoms with E-state index in [0.717, 1.165) is 0 Å². The van der Waals surface area contributed by atoms with Gasteiger partial charge in [-0.3, -0.25) is 4.79 Å². The number of aromatic hydroxyl groups is 1. The molecule has 0 aliphatic rings. The first-order valence-electron chi connectivity index (χ1n) is 6.36. The van der Waals surface area contributed by atoms with Gasteiger partial charge in [-0.05, 0) is 24.3 Å². The second-order valence-electron chi connectivity index (χ2n) is 4.38. The molecule has 0 aliphatic carbocycles. The molecule has 0 aromatic heterocycles. The maximum Gasteiger partial charge on any atom is 0.342 e. The van der Waals surface area contributed by atoms with Crippen LogP contribution in [0.1, 0.15) is 10.4 Å². The van der Waals surface area contributed by atoms with Crippen LogP contribution in [0.25, 0.3) is 0 Å². The Labute approximate surface area is 122 Å². The summed E-state index contributed by atoms with van der Waals surface area (Å²) < 4.78 is 4.92. The zero-order chi connectivity index (χ0) is 15.2. The molecule has 0 spiro atoms. The SMILES string of the molecule is CN(C(=O)COC(=O)c1ccccc1O)c1ccccc1. The summed E-state index contributed by atoms with van der Waals surface area (Å²) >= 11 is 0. The van der Waals surface area contributed by atoms with Gasteiger partial charge in [0.15, 0.2) is 6.61 Å². The summed E-state index contributed by atoms with van der Waals surface area (Å²) in [5.74, 6) is -1.26. The number of phenols is 1. The average molecular weight is 285 g/mol. The van der Waals surface area contributed by atoms with Gasteiger partial charge in [0.05, 0.1) is 0 Å². The predicted octanol–water partition coefficient (Wildman–Crippen LogP) is 2.21. The van der Waals surface area contributed by atoms with Crippen LogP contribution in [0.15, 0.2) is 54.6 Å². The lowest BCUT2D eigenvalue weighted by atomic mass is 10.2. The Bertz CT molecular complexity index is 640. The van der Waals surface area contributed by atoms with Crippen LogP contribution < -0.4 is 4.90 Å². The molecule has 5 nitrogen and oxygen atoms in total. The van der Waals surface area contributed by atoms with E-state index >= 15 is 0 Å². The third kappa shape index (κ3) is 3.60. The van der Waals surface area contributed by atoms with Crippen molar-refractivity contribution in [1.29, 1.82) is 0 Å². The van der Waals surface area contributed by atoms with Crippen molar-refractivity contribution in [2.75, 3.05) is 18.6 Å². The normalized spacial score (nSPS) is 9.95. The lowest BCUT2D eigenvalue weighted by molar-refractivity contribution is -0.121. The first kappa shape index (κ1) is 14.6. The molecule has 0 saturated heterocycles. The van der Waals surface area contributed by atoms with Crippen molar-refractivity contribution in [2.45, 2.75) is 0 Å². The fourth-order valence-electron chi connectivity index (χ4n) is 1.74. The molecule has 0 saturated carbocycles. The van der Waals surface area contributed by atoms with E-state index in [4.69, 9.17) is 4.74 Å². The fourth-order valence-corrected chi connectivity index (χ4v) is 1.74. The number of likely N-dealkylation sites (N-methyl/N-ethyl adjacent to an activating group) is 1. The van der Waals surface area contributed by atoms with E-state index in [1.807, 2.05) is 18.2 Å². The molecule has 0 atom stereocenters. The van der Waals surface area contributed by atoms with Crippen molar-refractivity contribution in [2.24, 2.45) is 0 Å². The predicted molar refractivity (Wildman–Crippen MR) is 78.2 cm³/mol. The molecule has 0 unspecified atom stereocenters. The summed E-state index contributed by atoms with van der Waals surface area (Å²) in [6, 6.07) is 15.1. The van der Waals surface area contributed by atoms with Crippen molar-refractivity contribution in [1.82, 2.24) is 0 Å². The standard InChI is InChI=1S/C16H15NO4/c1-17(12-7-3-2-4-8-12)15(19)11-21-16(20)13-9-5-6-10-14(13)18/h2-10,18H,11H2,1H3. The van der Waals surface area contributed by atoms with Crippen molar-refractivity contribution >= 4 is 17.6 Å². The summed E-state index contributed by atoms with van der Waals surface area (Å²) in [5.41, 5.74) is 0.744. The van der Waals surface area contributed by atoms with Crippen LogP contribution in [0.4, 0.5) is 5.69 Å². The van der Waals surface area contributed by atoms with Crippen molar-refractivity contribution in [3.05, 3.63) is 60.2 Å². The zero-order valence-corrected chi connectivity index (χ0v) is 11.5. The van der Waals surface area contributed by atoms with Crippen LogP contribution in [0, 0.1) is 0 Å². The number of ether oxygens (including phenoxy) is 1. The number of rotatable bonds is 4. The maximum absolute atomic E-state index is 12.0. The molecule has 0 heterocycles. The number of anilines is 1. The van der Waals surface area contributed by atoms with Gasteiger partial charge in [-0.15, -0.1) is 0 Å². The zero-order valence-electron chi connectivity index (χ0n) is 11.5. The maximum atomic E-state index is 12.0. The highest BCUT2D eigenvalue weighted by Gasteiger charge is 2.16. The number of carbonyl (C=O) groups is 2. The van der Waals surface area contributed by atoms with Crippen molar-refractivity contribution < 1.29 is 19.4 Å². The Hall–Kier alpha value is -2.82. The van der Waals surface area contributed by atoms with E-state index in [0.29, 0.717) is 5.69 Å². The highest BCUT2D eigenvalue weighted by atomic mass is 16.5. The van der Waals surface area contributed by atoms with E-state index in [9.17, 15) is 14.7 Å². The number of hydrogen-bond acceptors (Lipinski definition) is 4. The number of phenolic OH excluding ortho intramolecular Hbond substituents is 1. The van der Waals surface area contributed by atoms with Gasteiger partial charge in [0.1, 0.15) is 11.3 Å². The monoisotopic (exact) mass is 285 g/mol. The number of amides is 1. The number of esters is 1. The van der Waals surface area contributed by atoms with E-state index in [-0.39, 0.29) is 17.2 Å². The highest BCUT2D eigenvalue weighted by Crippen LogP contribution is 2.17. The second kappa shape index (κ2) is 6.56. The minimum atomic E-state index is -0.733. The lowest BCUT2D eigenvalue weighted by Gasteiger charge is -2.17. The third-order valence-electron chi connectivity index (χ3n) is 2.97. The van der Waals surface area contributed by atoms with Gasteiger partial charge in [-0.2, -0.15) is 0 Å². The van der Waals surface area contributed by atoms with Crippen molar-refractivity contribution in [3.8, 4) is 5.75 Å². The highest BCUT2D eigenvalue weighted by molar-refractivity contribution is 5.97. The second-order valence-corrected chi connectivity index (χ2v) is 4.38. The van der Waals surface area contributed by atoms with Gasteiger partial charge < -0.3 is 14.7 Å². The van der Waals surface area contributed by atoms with Crippen LogP contribution in [0.5, 0.6) is 5.75 Å². The van der Waals surface area contributed by atoms with Gasteiger partial charge in [0, 0.05) is 12.7 Å². The number of benzene rings is 2. The Kier molecular flexibility index (Phi) is 4.56. The van der Waals surface area contributed by atoms with E-state index in [2.05, 4.69) is 0 Å². The fraction of sp³-hybridized carbons (Fsp3) is 0.125. The first-order chi connectivity index (χ1) is 10.1. The van der Waals surface area contributed by atoms with Crippen molar-refractivity contribution in [3.63, 3.8) is 0 Å². The summed E-state index contributed by atoms with van der Waals surface area (Å²) in [6.07, 6.45) is 0. The van der Waals surface area contributed by atoms with Crippen LogP contribution >= 0.6 is 0 Å². The molecule has 0 bridgehead atoms. The number of para-hydroxylation sites is 2. The molecule has 0 fully saturated rings. The lowest BCUT2D eigenvalue weighted by Crippen LogP contribution is -2.31.